The Labute approximate surface area is 240 Å². The van der Waals surface area contributed by atoms with Crippen LogP contribution in [0.4, 0.5) is 0 Å². The van der Waals surface area contributed by atoms with Gasteiger partial charge in [-0.2, -0.15) is 0 Å². The number of rotatable bonds is 2. The molecule has 6 aromatic carbocycles. The third-order valence-corrected chi connectivity index (χ3v) is 9.51. The zero-order chi connectivity index (χ0) is 26.3. The van der Waals surface area contributed by atoms with E-state index in [1.165, 1.54) is 54.9 Å². The fraction of sp³-hybridized carbons (Fsp3) is 0.0556. The summed E-state index contributed by atoms with van der Waals surface area (Å²) in [6.45, 7) is 2.39. The number of hydrogen-bond acceptors (Lipinski definition) is 0. The molecule has 0 radical (unpaired) electrons. The largest absolute Gasteiger partial charge is 0.307 e. The van der Waals surface area contributed by atoms with E-state index in [9.17, 15) is 0 Å². The van der Waals surface area contributed by atoms with E-state index >= 15 is 0 Å². The van der Waals surface area contributed by atoms with Gasteiger partial charge >= 0.3 is 0 Å². The summed E-state index contributed by atoms with van der Waals surface area (Å²) >= 11 is 11.0. The van der Waals surface area contributed by atoms with Gasteiger partial charge in [0, 0.05) is 26.2 Å². The monoisotopic (exact) mass is 583 g/mol. The third kappa shape index (κ3) is 3.02. The molecule has 0 bridgehead atoms. The lowest BCUT2D eigenvalue weighted by molar-refractivity contribution is 0.718. The second-order valence-corrected chi connectivity index (χ2v) is 11.8. The van der Waals surface area contributed by atoms with Gasteiger partial charge in [-0.1, -0.05) is 125 Å². The molecule has 186 valence electrons. The van der Waals surface area contributed by atoms with Gasteiger partial charge in [-0.25, -0.2) is 0 Å². The van der Waals surface area contributed by atoms with Crippen LogP contribution < -0.4 is 0 Å². The van der Waals surface area contributed by atoms with Gasteiger partial charge in [0.25, 0.3) is 0 Å². The van der Waals surface area contributed by atoms with Crippen LogP contribution in [-0.4, -0.2) is 4.57 Å². The zero-order valence-electron chi connectivity index (χ0n) is 21.3. The number of benzene rings is 6. The lowest BCUT2D eigenvalue weighted by atomic mass is 9.72. The fourth-order valence-electron chi connectivity index (χ4n) is 6.94. The van der Waals surface area contributed by atoms with Crippen molar-refractivity contribution in [3.63, 3.8) is 0 Å². The SMILES string of the molecule is CC1(c2cccc3ccccc23)c2ccccc2-c2c1c(Br)cc1c3ccccc3n(-c3ccccc3Cl)c21. The molecule has 8 rings (SSSR count). The number of hydrogen-bond donors (Lipinski definition) is 0. The lowest BCUT2D eigenvalue weighted by Crippen LogP contribution is -2.23. The molecule has 0 saturated carbocycles. The summed E-state index contributed by atoms with van der Waals surface area (Å²) in [5.74, 6) is 0. The van der Waals surface area contributed by atoms with E-state index in [2.05, 4.69) is 137 Å². The van der Waals surface area contributed by atoms with Crippen molar-refractivity contribution in [1.29, 1.82) is 0 Å². The average molecular weight is 585 g/mol. The van der Waals surface area contributed by atoms with Gasteiger partial charge in [-0.3, -0.25) is 0 Å². The van der Waals surface area contributed by atoms with Crippen molar-refractivity contribution in [3.8, 4) is 16.8 Å². The summed E-state index contributed by atoms with van der Waals surface area (Å²) in [5.41, 5.74) is 9.44. The molecule has 0 spiro atoms. The van der Waals surface area contributed by atoms with E-state index in [1.807, 2.05) is 12.1 Å². The van der Waals surface area contributed by atoms with E-state index < -0.39 is 0 Å². The lowest BCUT2D eigenvalue weighted by Gasteiger charge is -2.30. The molecular weight excluding hydrogens is 562 g/mol. The summed E-state index contributed by atoms with van der Waals surface area (Å²) in [5, 5.41) is 5.70. The predicted molar refractivity (Wildman–Crippen MR) is 168 cm³/mol. The Bertz CT molecular complexity index is 2120. The Morgan fingerprint density at radius 1 is 0.667 bits per heavy atom. The smallest absolute Gasteiger partial charge is 0.0648 e. The Balaban J connectivity index is 1.61. The Morgan fingerprint density at radius 3 is 2.21 bits per heavy atom. The van der Waals surface area contributed by atoms with Crippen molar-refractivity contribution in [1.82, 2.24) is 4.57 Å². The van der Waals surface area contributed by atoms with Gasteiger partial charge in [-0.05, 0) is 64.2 Å². The number of para-hydroxylation sites is 2. The van der Waals surface area contributed by atoms with Crippen molar-refractivity contribution in [3.05, 3.63) is 148 Å². The van der Waals surface area contributed by atoms with Gasteiger partial charge in [0.2, 0.25) is 0 Å². The van der Waals surface area contributed by atoms with Crippen molar-refractivity contribution in [2.75, 3.05) is 0 Å². The molecule has 1 aromatic heterocycles. The zero-order valence-corrected chi connectivity index (χ0v) is 23.6. The van der Waals surface area contributed by atoms with Crippen LogP contribution in [0.2, 0.25) is 5.02 Å². The molecule has 1 heterocycles. The van der Waals surface area contributed by atoms with Crippen LogP contribution in [0.5, 0.6) is 0 Å². The first-order chi connectivity index (χ1) is 19.1. The quantitative estimate of drug-likeness (QED) is 0.190. The maximum absolute atomic E-state index is 6.89. The van der Waals surface area contributed by atoms with E-state index in [4.69, 9.17) is 11.6 Å². The van der Waals surface area contributed by atoms with Gasteiger partial charge in [0.05, 0.1) is 21.7 Å². The first-order valence-electron chi connectivity index (χ1n) is 13.2. The second-order valence-electron chi connectivity index (χ2n) is 10.5. The topological polar surface area (TPSA) is 4.93 Å². The Morgan fingerprint density at radius 2 is 1.33 bits per heavy atom. The number of halogens is 2. The highest BCUT2D eigenvalue weighted by Gasteiger charge is 2.44. The third-order valence-electron chi connectivity index (χ3n) is 8.57. The predicted octanol–water partition coefficient (Wildman–Crippen LogP) is 10.7. The maximum Gasteiger partial charge on any atom is 0.0648 e. The average Bonchev–Trinajstić information content (AvgIpc) is 3.44. The standard InChI is InChI=1S/C36H23BrClN/c1-36(27-17-10-12-22-11-2-3-13-23(22)27)28-16-6-4-15-25(28)33-34(36)29(37)21-26-24-14-5-8-19-31(24)39(35(26)33)32-20-9-7-18-30(32)38/h2-21H,1H3. The number of fused-ring (bicyclic) bond motifs is 8. The van der Waals surface area contributed by atoms with E-state index in [-0.39, 0.29) is 5.41 Å². The van der Waals surface area contributed by atoms with Crippen molar-refractivity contribution >= 4 is 60.1 Å². The first-order valence-corrected chi connectivity index (χ1v) is 14.4. The van der Waals surface area contributed by atoms with Crippen LogP contribution in [0.15, 0.2) is 126 Å². The van der Waals surface area contributed by atoms with E-state index in [0.717, 1.165) is 20.7 Å². The molecule has 7 aromatic rings. The highest BCUT2D eigenvalue weighted by Crippen LogP contribution is 2.58. The number of aromatic nitrogens is 1. The minimum atomic E-state index is -0.360. The van der Waals surface area contributed by atoms with Crippen molar-refractivity contribution < 1.29 is 0 Å². The molecule has 3 heteroatoms. The second kappa shape index (κ2) is 8.32. The summed E-state index contributed by atoms with van der Waals surface area (Å²) in [6.07, 6.45) is 0. The molecule has 1 atom stereocenters. The highest BCUT2D eigenvalue weighted by atomic mass is 79.9. The summed E-state index contributed by atoms with van der Waals surface area (Å²) in [6, 6.07) is 43.4. The fourth-order valence-corrected chi connectivity index (χ4v) is 7.99. The summed E-state index contributed by atoms with van der Waals surface area (Å²) < 4.78 is 3.49. The number of nitrogens with zero attached hydrogens (tertiary/aromatic N) is 1. The molecular formula is C36H23BrClN. The first kappa shape index (κ1) is 23.1. The van der Waals surface area contributed by atoms with Crippen molar-refractivity contribution in [2.45, 2.75) is 12.3 Å². The van der Waals surface area contributed by atoms with Gasteiger partial charge in [0.1, 0.15) is 0 Å². The normalized spacial score (nSPS) is 16.2. The van der Waals surface area contributed by atoms with Crippen LogP contribution in [0, 0.1) is 0 Å². The molecule has 1 aliphatic carbocycles. The van der Waals surface area contributed by atoms with Gasteiger partial charge in [-0.15, -0.1) is 0 Å². The molecule has 0 aliphatic heterocycles. The van der Waals surface area contributed by atoms with E-state index in [1.54, 1.807) is 0 Å². The van der Waals surface area contributed by atoms with Crippen LogP contribution >= 0.6 is 27.5 Å². The molecule has 0 N–H and O–H groups in total. The van der Waals surface area contributed by atoms with Gasteiger partial charge in [0.15, 0.2) is 0 Å². The maximum atomic E-state index is 6.89. The Hall–Kier alpha value is -3.85. The van der Waals surface area contributed by atoms with Crippen molar-refractivity contribution in [2.24, 2.45) is 0 Å². The molecule has 1 nitrogen and oxygen atoms in total. The molecule has 0 amide bonds. The minimum Gasteiger partial charge on any atom is -0.307 e. The highest BCUT2D eigenvalue weighted by molar-refractivity contribution is 9.10. The molecule has 0 fully saturated rings. The minimum absolute atomic E-state index is 0.360. The summed E-state index contributed by atoms with van der Waals surface area (Å²) in [4.78, 5) is 0. The van der Waals surface area contributed by atoms with Crippen LogP contribution in [0.1, 0.15) is 23.6 Å². The van der Waals surface area contributed by atoms with Crippen LogP contribution in [0.25, 0.3) is 49.4 Å². The summed E-state index contributed by atoms with van der Waals surface area (Å²) in [7, 11) is 0. The molecule has 39 heavy (non-hydrogen) atoms. The molecule has 0 saturated heterocycles. The Kier molecular flexibility index (Phi) is 4.92. The van der Waals surface area contributed by atoms with Crippen LogP contribution in [0.3, 0.4) is 0 Å². The van der Waals surface area contributed by atoms with E-state index in [0.29, 0.717) is 0 Å². The van der Waals surface area contributed by atoms with Gasteiger partial charge < -0.3 is 4.57 Å². The molecule has 1 unspecified atom stereocenters. The molecule has 1 aliphatic rings. The van der Waals surface area contributed by atoms with Crippen LogP contribution in [-0.2, 0) is 5.41 Å².